The number of methoxy groups -OCH3 is 1. The molecular formula is C16H22N2O3. The van der Waals surface area contributed by atoms with E-state index in [9.17, 15) is 9.59 Å². The van der Waals surface area contributed by atoms with Crippen LogP contribution in [0.25, 0.3) is 0 Å². The van der Waals surface area contributed by atoms with Gasteiger partial charge in [-0.3, -0.25) is 14.5 Å². The molecule has 114 valence electrons. The molecule has 1 aromatic carbocycles. The minimum atomic E-state index is -0.574. The highest BCUT2D eigenvalue weighted by atomic mass is 16.5. The first-order valence-electron chi connectivity index (χ1n) is 7.07. The summed E-state index contributed by atoms with van der Waals surface area (Å²) in [6.45, 7) is 7.34. The third kappa shape index (κ3) is 3.08. The van der Waals surface area contributed by atoms with E-state index >= 15 is 0 Å². The van der Waals surface area contributed by atoms with Crippen LogP contribution in [0, 0.1) is 0 Å². The fourth-order valence-electron chi connectivity index (χ4n) is 2.55. The molecule has 2 rings (SSSR count). The third-order valence-electron chi connectivity index (χ3n) is 4.06. The molecule has 1 aliphatic heterocycles. The van der Waals surface area contributed by atoms with E-state index in [1.165, 1.54) is 0 Å². The van der Waals surface area contributed by atoms with Crippen LogP contribution in [-0.2, 0) is 11.3 Å². The van der Waals surface area contributed by atoms with Crippen LogP contribution >= 0.6 is 0 Å². The lowest BCUT2D eigenvalue weighted by Crippen LogP contribution is -2.61. The molecule has 1 N–H and O–H groups in total. The lowest BCUT2D eigenvalue weighted by atomic mass is 9.97. The zero-order valence-electron chi connectivity index (χ0n) is 13.0. The van der Waals surface area contributed by atoms with E-state index < -0.39 is 5.54 Å². The monoisotopic (exact) mass is 290 g/mol. The van der Waals surface area contributed by atoms with Gasteiger partial charge in [0.15, 0.2) is 5.78 Å². The van der Waals surface area contributed by atoms with Gasteiger partial charge in [-0.15, -0.1) is 0 Å². The highest BCUT2D eigenvalue weighted by molar-refractivity contribution is 5.94. The number of rotatable bonds is 4. The normalized spacial score (nSPS) is 18.2. The average molecular weight is 290 g/mol. The van der Waals surface area contributed by atoms with Gasteiger partial charge in [0.25, 0.3) is 0 Å². The Kier molecular flexibility index (Phi) is 4.32. The zero-order chi connectivity index (χ0) is 15.6. The maximum absolute atomic E-state index is 12.0. The second kappa shape index (κ2) is 5.85. The van der Waals surface area contributed by atoms with Crippen LogP contribution in [0.2, 0.25) is 0 Å². The van der Waals surface area contributed by atoms with E-state index in [2.05, 4.69) is 10.2 Å². The fraction of sp³-hybridized carbons (Fsp3) is 0.500. The van der Waals surface area contributed by atoms with Crippen molar-refractivity contribution in [2.45, 2.75) is 32.9 Å². The summed E-state index contributed by atoms with van der Waals surface area (Å²) in [6, 6.07) is 5.42. The summed E-state index contributed by atoms with van der Waals surface area (Å²) >= 11 is 0. The van der Waals surface area contributed by atoms with Gasteiger partial charge in [-0.2, -0.15) is 0 Å². The summed E-state index contributed by atoms with van der Waals surface area (Å²) in [4.78, 5) is 25.7. The molecule has 0 aliphatic carbocycles. The van der Waals surface area contributed by atoms with Crippen LogP contribution in [0.4, 0.5) is 0 Å². The standard InChI is InChI=1S/C16H22N2O3/c1-11(19)12-5-6-14(21-4)13(9-12)10-18-8-7-17-15(20)16(18,2)3/h5-6,9H,7-8,10H2,1-4H3,(H,17,20). The number of ketones is 1. The van der Waals surface area contributed by atoms with Crippen LogP contribution in [0.15, 0.2) is 18.2 Å². The van der Waals surface area contributed by atoms with Gasteiger partial charge in [0, 0.05) is 30.8 Å². The summed E-state index contributed by atoms with van der Waals surface area (Å²) in [5, 5.41) is 2.88. The maximum atomic E-state index is 12.0. The van der Waals surface area contributed by atoms with Crippen LogP contribution in [0.1, 0.15) is 36.7 Å². The number of ether oxygens (including phenoxy) is 1. The summed E-state index contributed by atoms with van der Waals surface area (Å²) < 4.78 is 5.38. The van der Waals surface area contributed by atoms with Gasteiger partial charge >= 0.3 is 0 Å². The molecule has 1 heterocycles. The molecule has 0 atom stereocenters. The molecule has 1 saturated heterocycles. The zero-order valence-corrected chi connectivity index (χ0v) is 13.0. The predicted molar refractivity (Wildman–Crippen MR) is 80.5 cm³/mol. The van der Waals surface area contributed by atoms with Crippen molar-refractivity contribution in [3.8, 4) is 5.75 Å². The van der Waals surface area contributed by atoms with E-state index in [-0.39, 0.29) is 11.7 Å². The fourth-order valence-corrected chi connectivity index (χ4v) is 2.55. The SMILES string of the molecule is COc1ccc(C(C)=O)cc1CN1CCNC(=O)C1(C)C. The number of amides is 1. The Morgan fingerprint density at radius 1 is 1.43 bits per heavy atom. The van der Waals surface area contributed by atoms with Gasteiger partial charge < -0.3 is 10.1 Å². The Bertz CT molecular complexity index is 567. The summed E-state index contributed by atoms with van der Waals surface area (Å²) in [7, 11) is 1.61. The number of hydrogen-bond donors (Lipinski definition) is 1. The van der Waals surface area contributed by atoms with E-state index in [0.717, 1.165) is 17.9 Å². The lowest BCUT2D eigenvalue weighted by molar-refractivity contribution is -0.135. The van der Waals surface area contributed by atoms with Crippen molar-refractivity contribution in [2.75, 3.05) is 20.2 Å². The van der Waals surface area contributed by atoms with Crippen LogP contribution in [0.3, 0.4) is 0 Å². The molecule has 21 heavy (non-hydrogen) atoms. The van der Waals surface area contributed by atoms with Crippen molar-refractivity contribution in [3.63, 3.8) is 0 Å². The predicted octanol–water partition coefficient (Wildman–Crippen LogP) is 1.61. The number of hydrogen-bond acceptors (Lipinski definition) is 4. The Morgan fingerprint density at radius 2 is 2.14 bits per heavy atom. The first kappa shape index (κ1) is 15.5. The minimum Gasteiger partial charge on any atom is -0.496 e. The van der Waals surface area contributed by atoms with Crippen LogP contribution < -0.4 is 10.1 Å². The van der Waals surface area contributed by atoms with Gasteiger partial charge in [-0.1, -0.05) is 0 Å². The van der Waals surface area contributed by atoms with E-state index in [4.69, 9.17) is 4.74 Å². The van der Waals surface area contributed by atoms with Gasteiger partial charge in [-0.05, 0) is 39.0 Å². The Balaban J connectivity index is 2.31. The van der Waals surface area contributed by atoms with Crippen molar-refractivity contribution >= 4 is 11.7 Å². The maximum Gasteiger partial charge on any atom is 0.240 e. The van der Waals surface area contributed by atoms with Crippen LogP contribution in [-0.4, -0.2) is 42.3 Å². The molecule has 5 heteroatoms. The molecule has 0 saturated carbocycles. The number of piperazine rings is 1. The number of Topliss-reactive ketones (excluding diaryl/α,β-unsaturated/α-hetero) is 1. The average Bonchev–Trinajstić information content (AvgIpc) is 2.44. The number of benzene rings is 1. The molecular weight excluding hydrogens is 268 g/mol. The highest BCUT2D eigenvalue weighted by Crippen LogP contribution is 2.26. The number of nitrogens with one attached hydrogen (secondary N) is 1. The van der Waals surface area contributed by atoms with Gasteiger partial charge in [0.1, 0.15) is 5.75 Å². The Hall–Kier alpha value is -1.88. The number of carbonyl (C=O) groups is 2. The first-order valence-corrected chi connectivity index (χ1v) is 7.07. The molecule has 0 radical (unpaired) electrons. The second-order valence-electron chi connectivity index (χ2n) is 5.82. The van der Waals surface area contributed by atoms with E-state index in [0.29, 0.717) is 18.7 Å². The van der Waals surface area contributed by atoms with E-state index in [1.807, 2.05) is 26.0 Å². The Morgan fingerprint density at radius 3 is 2.76 bits per heavy atom. The van der Waals surface area contributed by atoms with Crippen molar-refractivity contribution in [2.24, 2.45) is 0 Å². The van der Waals surface area contributed by atoms with Gasteiger partial charge in [0.05, 0.1) is 12.6 Å². The summed E-state index contributed by atoms with van der Waals surface area (Å²) in [5.74, 6) is 0.784. The summed E-state index contributed by atoms with van der Waals surface area (Å²) in [6.07, 6.45) is 0. The number of carbonyl (C=O) groups excluding carboxylic acids is 2. The quantitative estimate of drug-likeness (QED) is 0.856. The van der Waals surface area contributed by atoms with Gasteiger partial charge in [0.2, 0.25) is 5.91 Å². The number of nitrogens with zero attached hydrogens (tertiary/aromatic N) is 1. The molecule has 0 bridgehead atoms. The van der Waals surface area contributed by atoms with Crippen molar-refractivity contribution in [1.82, 2.24) is 10.2 Å². The van der Waals surface area contributed by atoms with E-state index in [1.54, 1.807) is 20.1 Å². The molecule has 1 fully saturated rings. The smallest absolute Gasteiger partial charge is 0.240 e. The van der Waals surface area contributed by atoms with Gasteiger partial charge in [-0.25, -0.2) is 0 Å². The molecule has 1 aliphatic rings. The second-order valence-corrected chi connectivity index (χ2v) is 5.82. The largest absolute Gasteiger partial charge is 0.496 e. The van der Waals surface area contributed by atoms with Crippen LogP contribution in [0.5, 0.6) is 5.75 Å². The molecule has 0 spiro atoms. The molecule has 0 unspecified atom stereocenters. The molecule has 1 amide bonds. The Labute approximate surface area is 125 Å². The molecule has 0 aromatic heterocycles. The first-order chi connectivity index (χ1) is 9.86. The highest BCUT2D eigenvalue weighted by Gasteiger charge is 2.37. The minimum absolute atomic E-state index is 0.0227. The van der Waals surface area contributed by atoms with Crippen molar-refractivity contribution in [1.29, 1.82) is 0 Å². The molecule has 1 aromatic rings. The lowest BCUT2D eigenvalue weighted by Gasteiger charge is -2.41. The third-order valence-corrected chi connectivity index (χ3v) is 4.06. The van der Waals surface area contributed by atoms with Crippen molar-refractivity contribution in [3.05, 3.63) is 29.3 Å². The molecule has 5 nitrogen and oxygen atoms in total. The summed E-state index contributed by atoms with van der Waals surface area (Å²) in [5.41, 5.74) is 1.01. The van der Waals surface area contributed by atoms with Crippen molar-refractivity contribution < 1.29 is 14.3 Å². The topological polar surface area (TPSA) is 58.6 Å².